The van der Waals surface area contributed by atoms with Gasteiger partial charge in [0.05, 0.1) is 5.69 Å². The highest BCUT2D eigenvalue weighted by atomic mass is 32.1. The van der Waals surface area contributed by atoms with E-state index in [2.05, 4.69) is 10.3 Å². The molecular formula is C23H17N3O3S. The molecule has 0 bridgehead atoms. The number of thiazole rings is 1. The van der Waals surface area contributed by atoms with Crippen molar-refractivity contribution in [2.75, 3.05) is 5.32 Å². The Balaban J connectivity index is 1.39. The molecule has 0 aliphatic heterocycles. The molecule has 0 radical (unpaired) electrons. The molecule has 7 heteroatoms. The van der Waals surface area contributed by atoms with Crippen LogP contribution in [0.2, 0.25) is 0 Å². The molecule has 4 rings (SSSR count). The van der Waals surface area contributed by atoms with E-state index in [4.69, 9.17) is 10.5 Å². The topological polar surface area (TPSA) is 94.3 Å². The van der Waals surface area contributed by atoms with Gasteiger partial charge in [-0.05, 0) is 48.5 Å². The molecule has 3 N–H and O–H groups in total. The van der Waals surface area contributed by atoms with Crippen LogP contribution >= 0.6 is 11.3 Å². The molecule has 0 aliphatic rings. The Morgan fingerprint density at radius 2 is 1.43 bits per heavy atom. The molecule has 1 aromatic heterocycles. The lowest BCUT2D eigenvalue weighted by molar-refractivity contribution is 0.0997. The highest BCUT2D eigenvalue weighted by molar-refractivity contribution is 7.14. The standard InChI is InChI=1S/C23H17N3O3S/c24-21(27)16-6-10-18(11-7-16)29-19-12-8-17(9-13-19)22(28)26-23-25-20(14-30-23)15-4-2-1-3-5-15/h1-14H,(H2,24,27)(H,25,26,28). The highest BCUT2D eigenvalue weighted by Crippen LogP contribution is 2.26. The third-order valence-corrected chi connectivity index (χ3v) is 5.04. The van der Waals surface area contributed by atoms with Gasteiger partial charge in [0.15, 0.2) is 5.13 Å². The zero-order chi connectivity index (χ0) is 20.9. The number of ether oxygens (including phenoxy) is 1. The minimum absolute atomic E-state index is 0.249. The molecule has 1 heterocycles. The molecule has 0 unspecified atom stereocenters. The number of hydrogen-bond acceptors (Lipinski definition) is 5. The van der Waals surface area contributed by atoms with Crippen LogP contribution in [0.5, 0.6) is 11.5 Å². The SMILES string of the molecule is NC(=O)c1ccc(Oc2ccc(C(=O)Nc3nc(-c4ccccc4)cs3)cc2)cc1. The van der Waals surface area contributed by atoms with Crippen molar-refractivity contribution in [1.82, 2.24) is 4.98 Å². The number of carbonyl (C=O) groups excluding carboxylic acids is 2. The van der Waals surface area contributed by atoms with E-state index in [1.807, 2.05) is 35.7 Å². The van der Waals surface area contributed by atoms with Gasteiger partial charge >= 0.3 is 0 Å². The molecule has 0 saturated carbocycles. The second kappa shape index (κ2) is 8.59. The van der Waals surface area contributed by atoms with Crippen LogP contribution in [0, 0.1) is 0 Å². The Bertz CT molecular complexity index is 1170. The number of aromatic nitrogens is 1. The van der Waals surface area contributed by atoms with Crippen LogP contribution < -0.4 is 15.8 Å². The summed E-state index contributed by atoms with van der Waals surface area (Å²) in [6.45, 7) is 0. The Hall–Kier alpha value is -3.97. The predicted molar refractivity (Wildman–Crippen MR) is 117 cm³/mol. The molecule has 0 saturated heterocycles. The van der Waals surface area contributed by atoms with Crippen molar-refractivity contribution < 1.29 is 14.3 Å². The first-order valence-corrected chi connectivity index (χ1v) is 9.96. The monoisotopic (exact) mass is 415 g/mol. The average Bonchev–Trinajstić information content (AvgIpc) is 3.24. The van der Waals surface area contributed by atoms with Crippen LogP contribution in [-0.2, 0) is 0 Å². The van der Waals surface area contributed by atoms with Crippen molar-refractivity contribution in [1.29, 1.82) is 0 Å². The van der Waals surface area contributed by atoms with Crippen LogP contribution in [0.15, 0.2) is 84.2 Å². The maximum absolute atomic E-state index is 12.5. The molecule has 3 aromatic carbocycles. The summed E-state index contributed by atoms with van der Waals surface area (Å²) in [6.07, 6.45) is 0. The van der Waals surface area contributed by atoms with Crippen LogP contribution in [0.1, 0.15) is 20.7 Å². The van der Waals surface area contributed by atoms with E-state index < -0.39 is 5.91 Å². The van der Waals surface area contributed by atoms with Crippen molar-refractivity contribution in [2.45, 2.75) is 0 Å². The fourth-order valence-corrected chi connectivity index (χ4v) is 3.45. The molecule has 0 spiro atoms. The molecule has 148 valence electrons. The number of nitrogens with two attached hydrogens (primary N) is 1. The van der Waals surface area contributed by atoms with E-state index in [-0.39, 0.29) is 5.91 Å². The summed E-state index contributed by atoms with van der Waals surface area (Å²) in [5.41, 5.74) is 7.95. The Morgan fingerprint density at radius 3 is 2.03 bits per heavy atom. The van der Waals surface area contributed by atoms with E-state index in [1.165, 1.54) is 11.3 Å². The summed E-state index contributed by atoms with van der Waals surface area (Å²) in [5, 5.41) is 5.26. The number of nitrogens with zero attached hydrogens (tertiary/aromatic N) is 1. The van der Waals surface area contributed by atoms with E-state index >= 15 is 0 Å². The number of anilines is 1. The molecule has 0 aliphatic carbocycles. The summed E-state index contributed by atoms with van der Waals surface area (Å²) in [6, 6.07) is 23.1. The fraction of sp³-hybridized carbons (Fsp3) is 0. The van der Waals surface area contributed by atoms with Crippen LogP contribution in [0.25, 0.3) is 11.3 Å². The van der Waals surface area contributed by atoms with Gasteiger partial charge in [-0.25, -0.2) is 4.98 Å². The lowest BCUT2D eigenvalue weighted by atomic mass is 10.2. The smallest absolute Gasteiger partial charge is 0.257 e. The largest absolute Gasteiger partial charge is 0.457 e. The number of hydrogen-bond donors (Lipinski definition) is 2. The minimum Gasteiger partial charge on any atom is -0.457 e. The molecule has 6 nitrogen and oxygen atoms in total. The van der Waals surface area contributed by atoms with Gasteiger partial charge in [-0.15, -0.1) is 11.3 Å². The summed E-state index contributed by atoms with van der Waals surface area (Å²) >= 11 is 1.37. The third kappa shape index (κ3) is 4.53. The quantitative estimate of drug-likeness (QED) is 0.466. The van der Waals surface area contributed by atoms with Gasteiger partial charge in [-0.3, -0.25) is 14.9 Å². The van der Waals surface area contributed by atoms with E-state index in [0.29, 0.717) is 27.8 Å². The maximum atomic E-state index is 12.5. The average molecular weight is 415 g/mol. The first-order chi connectivity index (χ1) is 14.6. The first kappa shape index (κ1) is 19.4. The Kier molecular flexibility index (Phi) is 5.54. The van der Waals surface area contributed by atoms with Crippen molar-refractivity contribution >= 4 is 28.3 Å². The molecule has 0 atom stereocenters. The van der Waals surface area contributed by atoms with Crippen LogP contribution in [-0.4, -0.2) is 16.8 Å². The van der Waals surface area contributed by atoms with Crippen LogP contribution in [0.4, 0.5) is 5.13 Å². The second-order valence-electron chi connectivity index (χ2n) is 6.37. The van der Waals surface area contributed by atoms with Crippen LogP contribution in [0.3, 0.4) is 0 Å². The fourth-order valence-electron chi connectivity index (χ4n) is 2.74. The normalized spacial score (nSPS) is 10.4. The zero-order valence-corrected chi connectivity index (χ0v) is 16.6. The molecule has 30 heavy (non-hydrogen) atoms. The summed E-state index contributed by atoms with van der Waals surface area (Å²) < 4.78 is 5.72. The van der Waals surface area contributed by atoms with Gasteiger partial charge in [0.1, 0.15) is 11.5 Å². The van der Waals surface area contributed by atoms with Gasteiger partial charge in [-0.2, -0.15) is 0 Å². The third-order valence-electron chi connectivity index (χ3n) is 4.29. The summed E-state index contributed by atoms with van der Waals surface area (Å²) in [7, 11) is 0. The maximum Gasteiger partial charge on any atom is 0.257 e. The first-order valence-electron chi connectivity index (χ1n) is 9.08. The summed E-state index contributed by atoms with van der Waals surface area (Å²) in [4.78, 5) is 28.1. The van der Waals surface area contributed by atoms with Gasteiger partial charge in [0, 0.05) is 22.1 Å². The van der Waals surface area contributed by atoms with Crippen molar-refractivity contribution in [3.63, 3.8) is 0 Å². The summed E-state index contributed by atoms with van der Waals surface area (Å²) in [5.74, 6) is 0.391. The van der Waals surface area contributed by atoms with Gasteiger partial charge in [0.25, 0.3) is 5.91 Å². The number of primary amides is 1. The molecule has 0 fully saturated rings. The Labute approximate surface area is 177 Å². The number of amides is 2. The van der Waals surface area contributed by atoms with Crippen molar-refractivity contribution in [3.05, 3.63) is 95.4 Å². The van der Waals surface area contributed by atoms with E-state index in [9.17, 15) is 9.59 Å². The number of benzene rings is 3. The van der Waals surface area contributed by atoms with Gasteiger partial charge < -0.3 is 10.5 Å². The highest BCUT2D eigenvalue weighted by Gasteiger charge is 2.10. The number of carbonyl (C=O) groups is 2. The Morgan fingerprint density at radius 1 is 0.833 bits per heavy atom. The van der Waals surface area contributed by atoms with Crippen molar-refractivity contribution in [2.24, 2.45) is 5.73 Å². The van der Waals surface area contributed by atoms with Crippen molar-refractivity contribution in [3.8, 4) is 22.8 Å². The minimum atomic E-state index is -0.493. The molecule has 4 aromatic rings. The lowest BCUT2D eigenvalue weighted by Gasteiger charge is -2.07. The molecular weight excluding hydrogens is 398 g/mol. The van der Waals surface area contributed by atoms with E-state index in [1.54, 1.807) is 48.5 Å². The second-order valence-corrected chi connectivity index (χ2v) is 7.23. The zero-order valence-electron chi connectivity index (χ0n) is 15.7. The number of nitrogens with one attached hydrogen (secondary N) is 1. The molecule has 2 amide bonds. The van der Waals surface area contributed by atoms with Gasteiger partial charge in [0.2, 0.25) is 5.91 Å². The van der Waals surface area contributed by atoms with E-state index in [0.717, 1.165) is 11.3 Å². The number of rotatable bonds is 6. The predicted octanol–water partition coefficient (Wildman–Crippen LogP) is 4.95. The van der Waals surface area contributed by atoms with Gasteiger partial charge in [-0.1, -0.05) is 30.3 Å². The lowest BCUT2D eigenvalue weighted by Crippen LogP contribution is -2.11.